The van der Waals surface area contributed by atoms with Crippen molar-refractivity contribution in [2.45, 2.75) is 25.6 Å². The van der Waals surface area contributed by atoms with Gasteiger partial charge in [-0.25, -0.2) is 4.98 Å². The molecule has 1 amide bonds. The summed E-state index contributed by atoms with van der Waals surface area (Å²) in [6.07, 6.45) is -1.71. The highest BCUT2D eigenvalue weighted by molar-refractivity contribution is 6.30. The molecule has 0 aromatic carbocycles. The van der Waals surface area contributed by atoms with Crippen LogP contribution in [-0.2, 0) is 11.2 Å². The molecule has 0 aliphatic carbocycles. The minimum Gasteiger partial charge on any atom is -0.494 e. The summed E-state index contributed by atoms with van der Waals surface area (Å²) in [4.78, 5) is 20.1. The molecule has 0 spiro atoms. The fraction of sp³-hybridized carbons (Fsp3) is 0.353. The maximum atomic E-state index is 12.2. The van der Waals surface area contributed by atoms with Gasteiger partial charge in [0.05, 0.1) is 31.5 Å². The molecule has 0 fully saturated rings. The van der Waals surface area contributed by atoms with Crippen LogP contribution in [0.2, 0.25) is 5.15 Å². The molecule has 2 rings (SSSR count). The Bertz CT molecular complexity index is 785. The average molecular weight is 404 g/mol. The Morgan fingerprint density at radius 3 is 2.63 bits per heavy atom. The molecular weight excluding hydrogens is 387 g/mol. The van der Waals surface area contributed by atoms with E-state index in [1.165, 1.54) is 31.6 Å². The summed E-state index contributed by atoms with van der Waals surface area (Å²) in [6.45, 7) is 0.316. The van der Waals surface area contributed by atoms with Gasteiger partial charge in [-0.2, -0.15) is 13.2 Å². The van der Waals surface area contributed by atoms with Gasteiger partial charge in [-0.05, 0) is 30.7 Å². The number of amides is 1. The van der Waals surface area contributed by atoms with Gasteiger partial charge in [-0.15, -0.1) is 0 Å². The monoisotopic (exact) mass is 403 g/mol. The minimum atomic E-state index is -4.42. The Morgan fingerprint density at radius 2 is 2.04 bits per heavy atom. The van der Waals surface area contributed by atoms with E-state index in [9.17, 15) is 18.0 Å². The average Bonchev–Trinajstić information content (AvgIpc) is 2.61. The van der Waals surface area contributed by atoms with Crippen molar-refractivity contribution in [3.05, 3.63) is 47.0 Å². The summed E-state index contributed by atoms with van der Waals surface area (Å²) < 4.78 is 46.0. The van der Waals surface area contributed by atoms with Gasteiger partial charge in [0, 0.05) is 6.20 Å². The van der Waals surface area contributed by atoms with Crippen molar-refractivity contribution in [2.24, 2.45) is 0 Å². The zero-order valence-electron chi connectivity index (χ0n) is 14.5. The molecule has 0 aliphatic rings. The minimum absolute atomic E-state index is 0.00562. The molecule has 0 unspecified atom stereocenters. The number of carbonyl (C=O) groups excluding carboxylic acids is 1. The number of methoxy groups -OCH3 is 1. The lowest BCUT2D eigenvalue weighted by Crippen LogP contribution is -2.28. The van der Waals surface area contributed by atoms with E-state index in [0.717, 1.165) is 0 Å². The van der Waals surface area contributed by atoms with Crippen LogP contribution in [0.5, 0.6) is 11.5 Å². The third kappa shape index (κ3) is 6.59. The van der Waals surface area contributed by atoms with E-state index in [-0.39, 0.29) is 23.2 Å². The summed E-state index contributed by atoms with van der Waals surface area (Å²) in [5, 5.41) is 2.95. The van der Waals surface area contributed by atoms with Gasteiger partial charge in [0.25, 0.3) is 0 Å². The molecule has 1 atom stereocenters. The van der Waals surface area contributed by atoms with E-state index < -0.39 is 18.8 Å². The molecule has 0 saturated carbocycles. The first-order valence-corrected chi connectivity index (χ1v) is 8.19. The molecule has 6 nitrogen and oxygen atoms in total. The van der Waals surface area contributed by atoms with Crippen LogP contribution in [0.3, 0.4) is 0 Å². The van der Waals surface area contributed by atoms with Crippen LogP contribution in [0.1, 0.15) is 24.2 Å². The second-order valence-corrected chi connectivity index (χ2v) is 5.98. The number of pyridine rings is 2. The highest BCUT2D eigenvalue weighted by Gasteiger charge is 2.28. The quantitative estimate of drug-likeness (QED) is 0.716. The zero-order chi connectivity index (χ0) is 20.0. The van der Waals surface area contributed by atoms with Gasteiger partial charge >= 0.3 is 6.18 Å². The largest absolute Gasteiger partial charge is 0.494 e. The summed E-state index contributed by atoms with van der Waals surface area (Å²) in [5.41, 5.74) is 1.10. The van der Waals surface area contributed by atoms with E-state index in [1.54, 1.807) is 13.0 Å². The van der Waals surface area contributed by atoms with Crippen LogP contribution in [-0.4, -0.2) is 35.8 Å². The van der Waals surface area contributed by atoms with Crippen molar-refractivity contribution in [1.82, 2.24) is 15.3 Å². The van der Waals surface area contributed by atoms with E-state index in [1.807, 2.05) is 0 Å². The van der Waals surface area contributed by atoms with Crippen LogP contribution in [0.4, 0.5) is 13.2 Å². The Kier molecular flexibility index (Phi) is 6.84. The van der Waals surface area contributed by atoms with Crippen molar-refractivity contribution >= 4 is 17.5 Å². The van der Waals surface area contributed by atoms with E-state index in [0.29, 0.717) is 17.0 Å². The van der Waals surface area contributed by atoms with Gasteiger partial charge in [0.1, 0.15) is 5.75 Å². The maximum absolute atomic E-state index is 12.2. The lowest BCUT2D eigenvalue weighted by molar-refractivity contribution is -0.153. The highest BCUT2D eigenvalue weighted by atomic mass is 35.5. The Hall–Kier alpha value is -2.55. The van der Waals surface area contributed by atoms with Gasteiger partial charge in [-0.1, -0.05) is 11.6 Å². The zero-order valence-corrected chi connectivity index (χ0v) is 15.3. The number of ether oxygens (including phenoxy) is 2. The highest BCUT2D eigenvalue weighted by Crippen LogP contribution is 2.23. The molecule has 2 heterocycles. The van der Waals surface area contributed by atoms with Crippen LogP contribution >= 0.6 is 11.6 Å². The molecule has 1 N–H and O–H groups in total. The number of halogens is 4. The lowest BCUT2D eigenvalue weighted by atomic mass is 10.1. The number of hydrogen-bond acceptors (Lipinski definition) is 5. The molecule has 27 heavy (non-hydrogen) atoms. The molecule has 0 saturated heterocycles. The van der Waals surface area contributed by atoms with E-state index >= 15 is 0 Å². The van der Waals surface area contributed by atoms with Crippen LogP contribution in [0, 0.1) is 0 Å². The number of rotatable bonds is 7. The molecule has 0 radical (unpaired) electrons. The smallest absolute Gasteiger partial charge is 0.422 e. The standard InChI is InChI=1S/C17H17ClF3N3O3/c1-10(13-4-3-12(8-22-13)27-9-17(19,20)21)24-15(25)6-11-5-14(26-2)16(18)23-7-11/h3-5,7-8,10H,6,9H2,1-2H3,(H,24,25)/t10-/m1/s1. The third-order valence-corrected chi connectivity index (χ3v) is 3.71. The van der Waals surface area contributed by atoms with Crippen LogP contribution < -0.4 is 14.8 Å². The first kappa shape index (κ1) is 20.8. The van der Waals surface area contributed by atoms with Crippen molar-refractivity contribution in [2.75, 3.05) is 13.7 Å². The Morgan fingerprint density at radius 1 is 1.30 bits per heavy atom. The molecule has 0 aliphatic heterocycles. The van der Waals surface area contributed by atoms with Crippen molar-refractivity contribution < 1.29 is 27.4 Å². The fourth-order valence-corrected chi connectivity index (χ4v) is 2.34. The number of hydrogen-bond donors (Lipinski definition) is 1. The fourth-order valence-electron chi connectivity index (χ4n) is 2.16. The summed E-state index contributed by atoms with van der Waals surface area (Å²) in [6, 6.07) is 4.02. The van der Waals surface area contributed by atoms with E-state index in [4.69, 9.17) is 16.3 Å². The molecule has 2 aromatic rings. The third-order valence-electron chi connectivity index (χ3n) is 3.43. The molecule has 2 aromatic heterocycles. The maximum Gasteiger partial charge on any atom is 0.422 e. The number of nitrogens with one attached hydrogen (secondary N) is 1. The molecule has 0 bridgehead atoms. The van der Waals surface area contributed by atoms with Crippen LogP contribution in [0.15, 0.2) is 30.6 Å². The van der Waals surface area contributed by atoms with Gasteiger partial charge in [0.15, 0.2) is 17.5 Å². The van der Waals surface area contributed by atoms with E-state index in [2.05, 4.69) is 20.0 Å². The molecule has 146 valence electrons. The van der Waals surface area contributed by atoms with Gasteiger partial charge in [0.2, 0.25) is 5.91 Å². The number of carbonyl (C=O) groups is 1. The van der Waals surface area contributed by atoms with Crippen molar-refractivity contribution in [3.63, 3.8) is 0 Å². The van der Waals surface area contributed by atoms with Crippen LogP contribution in [0.25, 0.3) is 0 Å². The first-order chi connectivity index (χ1) is 12.7. The first-order valence-electron chi connectivity index (χ1n) is 7.81. The Labute approximate surface area is 158 Å². The lowest BCUT2D eigenvalue weighted by Gasteiger charge is -2.15. The summed E-state index contributed by atoms with van der Waals surface area (Å²) in [5.74, 6) is 0.0768. The predicted octanol–water partition coefficient (Wildman–Crippen LogP) is 3.50. The normalized spacial score (nSPS) is 12.4. The number of alkyl halides is 3. The van der Waals surface area contributed by atoms with Gasteiger partial charge in [-0.3, -0.25) is 9.78 Å². The topological polar surface area (TPSA) is 73.3 Å². The predicted molar refractivity (Wildman–Crippen MR) is 91.8 cm³/mol. The molecule has 10 heteroatoms. The number of aromatic nitrogens is 2. The van der Waals surface area contributed by atoms with Gasteiger partial charge < -0.3 is 14.8 Å². The Balaban J connectivity index is 1.92. The summed E-state index contributed by atoms with van der Waals surface area (Å²) >= 11 is 5.84. The SMILES string of the molecule is COc1cc(CC(=O)N[C@H](C)c2ccc(OCC(F)(F)F)cn2)cnc1Cl. The van der Waals surface area contributed by atoms with Crippen molar-refractivity contribution in [1.29, 1.82) is 0 Å². The summed E-state index contributed by atoms with van der Waals surface area (Å²) in [7, 11) is 1.45. The molecular formula is C17H17ClF3N3O3. The second kappa shape index (κ2) is 8.90. The second-order valence-electron chi connectivity index (χ2n) is 5.63. The van der Waals surface area contributed by atoms with Crippen molar-refractivity contribution in [3.8, 4) is 11.5 Å². The number of nitrogens with zero attached hydrogens (tertiary/aromatic N) is 2.